The maximum absolute atomic E-state index is 5.83. The third-order valence-corrected chi connectivity index (χ3v) is 3.88. The molecule has 0 aromatic carbocycles. The van der Waals surface area contributed by atoms with Gasteiger partial charge in [0.05, 0.1) is 6.54 Å². The van der Waals surface area contributed by atoms with E-state index in [0.717, 1.165) is 19.5 Å². The van der Waals surface area contributed by atoms with E-state index < -0.39 is 0 Å². The van der Waals surface area contributed by atoms with Crippen LogP contribution in [0.15, 0.2) is 4.42 Å². The van der Waals surface area contributed by atoms with Crippen molar-refractivity contribution in [3.05, 3.63) is 5.89 Å². The molecule has 1 saturated heterocycles. The second-order valence-electron chi connectivity index (χ2n) is 6.11. The van der Waals surface area contributed by atoms with E-state index in [-0.39, 0.29) is 0 Å². The summed E-state index contributed by atoms with van der Waals surface area (Å²) in [7, 11) is 0. The number of hydrogen-bond donors (Lipinski definition) is 1. The van der Waals surface area contributed by atoms with Crippen LogP contribution >= 0.6 is 0 Å². The van der Waals surface area contributed by atoms with Crippen LogP contribution in [0.2, 0.25) is 0 Å². The zero-order valence-electron chi connectivity index (χ0n) is 13.1. The number of nitrogens with zero attached hydrogens (tertiary/aromatic N) is 3. The van der Waals surface area contributed by atoms with Crippen LogP contribution in [0, 0.1) is 5.92 Å². The molecule has 20 heavy (non-hydrogen) atoms. The summed E-state index contributed by atoms with van der Waals surface area (Å²) in [5, 5.41) is 11.8. The van der Waals surface area contributed by atoms with Crippen molar-refractivity contribution in [1.82, 2.24) is 15.5 Å². The van der Waals surface area contributed by atoms with E-state index >= 15 is 0 Å². The highest BCUT2D eigenvalue weighted by Gasteiger charge is 2.24. The average Bonchev–Trinajstić information content (AvgIpc) is 2.75. The largest absolute Gasteiger partial charge is 0.407 e. The monoisotopic (exact) mass is 280 g/mol. The van der Waals surface area contributed by atoms with Gasteiger partial charge in [-0.25, -0.2) is 0 Å². The minimum Gasteiger partial charge on any atom is -0.407 e. The second kappa shape index (κ2) is 7.62. The van der Waals surface area contributed by atoms with E-state index in [1.165, 1.54) is 25.7 Å². The van der Waals surface area contributed by atoms with E-state index in [1.807, 2.05) is 0 Å². The minimum atomic E-state index is 0.550. The Kier molecular flexibility index (Phi) is 5.83. The second-order valence-corrected chi connectivity index (χ2v) is 6.11. The van der Waals surface area contributed by atoms with Gasteiger partial charge < -0.3 is 14.6 Å². The Morgan fingerprint density at radius 3 is 2.90 bits per heavy atom. The van der Waals surface area contributed by atoms with Crippen molar-refractivity contribution >= 4 is 6.01 Å². The van der Waals surface area contributed by atoms with Gasteiger partial charge >= 0.3 is 6.01 Å². The molecule has 5 heteroatoms. The standard InChI is InChI=1S/C15H28N4O/c1-4-13-8-6-5-7-9-19(13)15-18-17-14(20-15)11-16-10-12(2)3/h12-13,16H,4-11H2,1-3H3. The Labute approximate surface area is 122 Å². The molecule has 0 saturated carbocycles. The topological polar surface area (TPSA) is 54.2 Å². The predicted molar refractivity (Wildman–Crippen MR) is 80.7 cm³/mol. The lowest BCUT2D eigenvalue weighted by molar-refractivity contribution is 0.430. The van der Waals surface area contributed by atoms with E-state index in [2.05, 4.69) is 41.2 Å². The van der Waals surface area contributed by atoms with Gasteiger partial charge in [-0.2, -0.15) is 0 Å². The van der Waals surface area contributed by atoms with Crippen LogP contribution in [0.5, 0.6) is 0 Å². The minimum absolute atomic E-state index is 0.550. The molecule has 1 aromatic heterocycles. The molecule has 0 amide bonds. The molecular weight excluding hydrogens is 252 g/mol. The summed E-state index contributed by atoms with van der Waals surface area (Å²) in [6.07, 6.45) is 6.22. The van der Waals surface area contributed by atoms with Gasteiger partial charge in [0, 0.05) is 12.6 Å². The van der Waals surface area contributed by atoms with Crippen molar-refractivity contribution in [2.75, 3.05) is 18.0 Å². The van der Waals surface area contributed by atoms with Crippen LogP contribution in [0.25, 0.3) is 0 Å². The zero-order chi connectivity index (χ0) is 14.4. The maximum atomic E-state index is 5.83. The van der Waals surface area contributed by atoms with Gasteiger partial charge in [-0.1, -0.05) is 38.7 Å². The lowest BCUT2D eigenvalue weighted by Gasteiger charge is -2.26. The van der Waals surface area contributed by atoms with Crippen LogP contribution in [-0.2, 0) is 6.54 Å². The Balaban J connectivity index is 1.95. The van der Waals surface area contributed by atoms with Gasteiger partial charge in [0.1, 0.15) is 0 Å². The molecule has 5 nitrogen and oxygen atoms in total. The van der Waals surface area contributed by atoms with Crippen LogP contribution in [0.3, 0.4) is 0 Å². The van der Waals surface area contributed by atoms with Gasteiger partial charge in [-0.3, -0.25) is 0 Å². The molecule has 2 rings (SSSR count). The van der Waals surface area contributed by atoms with Crippen molar-refractivity contribution < 1.29 is 4.42 Å². The SMILES string of the molecule is CCC1CCCCCN1c1nnc(CNCC(C)C)o1. The highest BCUT2D eigenvalue weighted by Crippen LogP contribution is 2.24. The smallest absolute Gasteiger partial charge is 0.318 e. The first kappa shape index (κ1) is 15.3. The predicted octanol–water partition coefficient (Wildman–Crippen LogP) is 2.97. The summed E-state index contributed by atoms with van der Waals surface area (Å²) in [4.78, 5) is 2.31. The molecule has 1 fully saturated rings. The van der Waals surface area contributed by atoms with Crippen molar-refractivity contribution in [3.63, 3.8) is 0 Å². The third kappa shape index (κ3) is 4.20. The molecule has 0 aliphatic carbocycles. The molecule has 0 bridgehead atoms. The first-order chi connectivity index (χ1) is 9.70. The summed E-state index contributed by atoms with van der Waals surface area (Å²) >= 11 is 0. The first-order valence-electron chi connectivity index (χ1n) is 8.00. The van der Waals surface area contributed by atoms with Gasteiger partial charge in [0.25, 0.3) is 0 Å². The number of anilines is 1. The lowest BCUT2D eigenvalue weighted by atomic mass is 10.1. The number of rotatable bonds is 6. The zero-order valence-corrected chi connectivity index (χ0v) is 13.1. The molecule has 114 valence electrons. The molecule has 1 N–H and O–H groups in total. The normalized spacial score (nSPS) is 20.4. The van der Waals surface area contributed by atoms with Crippen molar-refractivity contribution in [1.29, 1.82) is 0 Å². The fraction of sp³-hybridized carbons (Fsp3) is 0.867. The Morgan fingerprint density at radius 1 is 1.30 bits per heavy atom. The summed E-state index contributed by atoms with van der Waals surface area (Å²) in [5.74, 6) is 1.33. The Morgan fingerprint density at radius 2 is 2.15 bits per heavy atom. The van der Waals surface area contributed by atoms with Gasteiger partial charge in [0.2, 0.25) is 5.89 Å². The van der Waals surface area contributed by atoms with E-state index in [1.54, 1.807) is 0 Å². The summed E-state index contributed by atoms with van der Waals surface area (Å²) in [5.41, 5.74) is 0. The summed E-state index contributed by atoms with van der Waals surface area (Å²) in [6, 6.07) is 1.26. The maximum Gasteiger partial charge on any atom is 0.318 e. The summed E-state index contributed by atoms with van der Waals surface area (Å²) < 4.78 is 5.83. The molecule has 1 aromatic rings. The molecule has 1 aliphatic rings. The third-order valence-electron chi connectivity index (χ3n) is 3.88. The van der Waals surface area contributed by atoms with Crippen molar-refractivity contribution in [2.45, 2.75) is 65.5 Å². The molecule has 0 spiro atoms. The fourth-order valence-electron chi connectivity index (χ4n) is 2.75. The summed E-state index contributed by atoms with van der Waals surface area (Å²) in [6.45, 7) is 9.30. The van der Waals surface area contributed by atoms with Crippen LogP contribution in [0.1, 0.15) is 58.8 Å². The first-order valence-corrected chi connectivity index (χ1v) is 8.00. The highest BCUT2D eigenvalue weighted by atomic mass is 16.4. The quantitative estimate of drug-likeness (QED) is 0.868. The van der Waals surface area contributed by atoms with Crippen LogP contribution in [-0.4, -0.2) is 29.3 Å². The Hall–Kier alpha value is -1.10. The van der Waals surface area contributed by atoms with Crippen LogP contribution < -0.4 is 10.2 Å². The molecule has 1 atom stereocenters. The van der Waals surface area contributed by atoms with Gasteiger partial charge in [-0.15, -0.1) is 5.10 Å². The lowest BCUT2D eigenvalue weighted by Crippen LogP contribution is -2.34. The van der Waals surface area contributed by atoms with Crippen molar-refractivity contribution in [2.24, 2.45) is 5.92 Å². The highest BCUT2D eigenvalue weighted by molar-refractivity contribution is 5.26. The van der Waals surface area contributed by atoms with E-state index in [4.69, 9.17) is 4.42 Å². The molecule has 1 aliphatic heterocycles. The molecular formula is C15H28N4O. The molecule has 0 radical (unpaired) electrons. The number of nitrogens with one attached hydrogen (secondary N) is 1. The average molecular weight is 280 g/mol. The number of aromatic nitrogens is 2. The van der Waals surface area contributed by atoms with E-state index in [0.29, 0.717) is 30.4 Å². The van der Waals surface area contributed by atoms with Gasteiger partial charge in [0.15, 0.2) is 0 Å². The number of hydrogen-bond acceptors (Lipinski definition) is 5. The molecule has 2 heterocycles. The van der Waals surface area contributed by atoms with Gasteiger partial charge in [-0.05, 0) is 31.7 Å². The Bertz CT molecular complexity index is 391. The fourth-order valence-corrected chi connectivity index (χ4v) is 2.75. The van der Waals surface area contributed by atoms with E-state index in [9.17, 15) is 0 Å². The molecule has 1 unspecified atom stereocenters. The van der Waals surface area contributed by atoms with Crippen molar-refractivity contribution in [3.8, 4) is 0 Å². The van der Waals surface area contributed by atoms with Crippen LogP contribution in [0.4, 0.5) is 6.01 Å².